The maximum Gasteiger partial charge on any atom is 0.282 e. The summed E-state index contributed by atoms with van der Waals surface area (Å²) < 4.78 is 13.5. The molecule has 0 saturated carbocycles. The lowest BCUT2D eigenvalue weighted by atomic mass is 10.0. The number of carbonyl (C=O) groups is 2. The number of para-hydroxylation sites is 1. The summed E-state index contributed by atoms with van der Waals surface area (Å²) in [6.45, 7) is 2.34. The lowest BCUT2D eigenvalue weighted by Gasteiger charge is -2.25. The number of rotatable bonds is 5. The van der Waals surface area contributed by atoms with E-state index in [4.69, 9.17) is 5.26 Å². The Balaban J connectivity index is 1.88. The van der Waals surface area contributed by atoms with Crippen molar-refractivity contribution >= 4 is 28.8 Å². The van der Waals surface area contributed by atoms with Gasteiger partial charge in [-0.3, -0.25) is 9.59 Å². The molecule has 31 heavy (non-hydrogen) atoms. The van der Waals surface area contributed by atoms with Crippen LogP contribution in [0, 0.1) is 17.1 Å². The van der Waals surface area contributed by atoms with E-state index < -0.39 is 17.6 Å². The number of imide groups is 1. The number of nitrogens with zero attached hydrogens (tertiary/aromatic N) is 3. The molecule has 0 atom stereocenters. The standard InChI is InChI=1S/C25H18FN3O2/c1-2-28(20-6-4-3-5-7-20)23-22(18-10-12-19(26)13-11-18)24(30)29(25(23)31)21-14-8-17(16-27)9-15-21/h3-15H,2H2,1H3. The predicted molar refractivity (Wildman–Crippen MR) is 116 cm³/mol. The van der Waals surface area contributed by atoms with Crippen molar-refractivity contribution in [2.24, 2.45) is 0 Å². The van der Waals surface area contributed by atoms with Crippen molar-refractivity contribution in [2.45, 2.75) is 6.92 Å². The van der Waals surface area contributed by atoms with Crippen LogP contribution in [0.15, 0.2) is 84.6 Å². The third kappa shape index (κ3) is 3.58. The number of amides is 2. The second kappa shape index (κ2) is 8.25. The molecule has 3 aromatic carbocycles. The second-order valence-electron chi connectivity index (χ2n) is 6.91. The summed E-state index contributed by atoms with van der Waals surface area (Å²) in [6.07, 6.45) is 0. The lowest BCUT2D eigenvalue weighted by Crippen LogP contribution is -2.35. The van der Waals surface area contributed by atoms with E-state index in [2.05, 4.69) is 0 Å². The fourth-order valence-corrected chi connectivity index (χ4v) is 3.64. The molecule has 3 aromatic rings. The van der Waals surface area contributed by atoms with E-state index in [9.17, 15) is 14.0 Å². The van der Waals surface area contributed by atoms with Gasteiger partial charge in [0.2, 0.25) is 0 Å². The highest BCUT2D eigenvalue weighted by Crippen LogP contribution is 2.36. The zero-order valence-corrected chi connectivity index (χ0v) is 16.7. The summed E-state index contributed by atoms with van der Waals surface area (Å²) >= 11 is 0. The van der Waals surface area contributed by atoms with Crippen molar-refractivity contribution in [3.8, 4) is 6.07 Å². The molecule has 0 aromatic heterocycles. The van der Waals surface area contributed by atoms with E-state index in [1.165, 1.54) is 24.3 Å². The van der Waals surface area contributed by atoms with Gasteiger partial charge in [-0.2, -0.15) is 5.26 Å². The SMILES string of the molecule is CCN(C1=C(c2ccc(F)cc2)C(=O)N(c2ccc(C#N)cc2)C1=O)c1ccccc1. The van der Waals surface area contributed by atoms with Crippen LogP contribution in [0.2, 0.25) is 0 Å². The second-order valence-corrected chi connectivity index (χ2v) is 6.91. The van der Waals surface area contributed by atoms with Gasteiger partial charge in [0.15, 0.2) is 0 Å². The third-order valence-corrected chi connectivity index (χ3v) is 5.10. The summed E-state index contributed by atoms with van der Waals surface area (Å²) in [6, 6.07) is 23.1. The molecule has 5 nitrogen and oxygen atoms in total. The number of anilines is 2. The van der Waals surface area contributed by atoms with Crippen molar-refractivity contribution < 1.29 is 14.0 Å². The Labute approximate surface area is 179 Å². The van der Waals surface area contributed by atoms with Crippen LogP contribution in [0.3, 0.4) is 0 Å². The van der Waals surface area contributed by atoms with Gasteiger partial charge in [-0.1, -0.05) is 30.3 Å². The molecule has 4 rings (SSSR count). The summed E-state index contributed by atoms with van der Waals surface area (Å²) in [5.74, 6) is -1.40. The predicted octanol–water partition coefficient (Wildman–Crippen LogP) is 4.51. The van der Waals surface area contributed by atoms with Crippen LogP contribution < -0.4 is 9.80 Å². The molecule has 2 amide bonds. The summed E-state index contributed by atoms with van der Waals surface area (Å²) in [4.78, 5) is 29.9. The Kier molecular flexibility index (Phi) is 5.33. The number of benzene rings is 3. The van der Waals surface area contributed by atoms with Gasteiger partial charge >= 0.3 is 0 Å². The van der Waals surface area contributed by atoms with Gasteiger partial charge in [-0.25, -0.2) is 9.29 Å². The van der Waals surface area contributed by atoms with Crippen LogP contribution in [0.25, 0.3) is 5.57 Å². The first-order valence-corrected chi connectivity index (χ1v) is 9.77. The highest BCUT2D eigenvalue weighted by Gasteiger charge is 2.42. The van der Waals surface area contributed by atoms with Crippen LogP contribution in [0.1, 0.15) is 18.1 Å². The molecule has 0 aliphatic carbocycles. The maximum atomic E-state index is 13.6. The highest BCUT2D eigenvalue weighted by molar-refractivity contribution is 6.46. The van der Waals surface area contributed by atoms with Crippen LogP contribution in [-0.4, -0.2) is 18.4 Å². The van der Waals surface area contributed by atoms with Gasteiger partial charge in [-0.05, 0) is 61.0 Å². The summed E-state index contributed by atoms with van der Waals surface area (Å²) in [5.41, 5.74) is 2.46. The maximum absolute atomic E-state index is 13.6. The highest BCUT2D eigenvalue weighted by atomic mass is 19.1. The number of carbonyl (C=O) groups excluding carboxylic acids is 2. The average molecular weight is 411 g/mol. The minimum Gasteiger partial charge on any atom is -0.337 e. The van der Waals surface area contributed by atoms with E-state index in [1.807, 2.05) is 43.3 Å². The normalized spacial score (nSPS) is 13.5. The van der Waals surface area contributed by atoms with Crippen molar-refractivity contribution in [3.05, 3.63) is 102 Å². The van der Waals surface area contributed by atoms with Gasteiger partial charge in [0, 0.05) is 12.2 Å². The van der Waals surface area contributed by atoms with Gasteiger partial charge in [-0.15, -0.1) is 0 Å². The number of halogens is 1. The van der Waals surface area contributed by atoms with Crippen LogP contribution in [-0.2, 0) is 9.59 Å². The van der Waals surface area contributed by atoms with Crippen LogP contribution in [0.4, 0.5) is 15.8 Å². The molecule has 6 heteroatoms. The summed E-state index contributed by atoms with van der Waals surface area (Å²) in [5, 5.41) is 9.04. The first kappa shape index (κ1) is 20.0. The number of hydrogen-bond acceptors (Lipinski definition) is 4. The molecule has 1 aliphatic heterocycles. The Bertz CT molecular complexity index is 1210. The largest absolute Gasteiger partial charge is 0.337 e. The van der Waals surface area contributed by atoms with Gasteiger partial charge in [0.25, 0.3) is 11.8 Å². The lowest BCUT2D eigenvalue weighted by molar-refractivity contribution is -0.120. The number of hydrogen-bond donors (Lipinski definition) is 0. The Morgan fingerprint density at radius 2 is 1.55 bits per heavy atom. The van der Waals surface area contributed by atoms with Gasteiger partial charge < -0.3 is 4.90 Å². The molecule has 1 aliphatic rings. The molecule has 0 bridgehead atoms. The number of likely N-dealkylation sites (N-methyl/N-ethyl adjacent to an activating group) is 1. The molecular weight excluding hydrogens is 393 g/mol. The molecular formula is C25H18FN3O2. The van der Waals surface area contributed by atoms with Crippen molar-refractivity contribution in [2.75, 3.05) is 16.3 Å². The minimum atomic E-state index is -0.495. The van der Waals surface area contributed by atoms with Gasteiger partial charge in [0.05, 0.1) is 22.9 Å². The number of nitriles is 1. The first-order valence-electron chi connectivity index (χ1n) is 9.77. The van der Waals surface area contributed by atoms with E-state index >= 15 is 0 Å². The third-order valence-electron chi connectivity index (χ3n) is 5.10. The van der Waals surface area contributed by atoms with Gasteiger partial charge in [0.1, 0.15) is 11.5 Å². The molecule has 0 N–H and O–H groups in total. The smallest absolute Gasteiger partial charge is 0.282 e. The molecule has 1 heterocycles. The zero-order chi connectivity index (χ0) is 22.0. The molecule has 0 fully saturated rings. The monoisotopic (exact) mass is 411 g/mol. The fraction of sp³-hybridized carbons (Fsp3) is 0.0800. The topological polar surface area (TPSA) is 64.4 Å². The molecule has 152 valence electrons. The van der Waals surface area contributed by atoms with E-state index in [1.54, 1.807) is 29.2 Å². The molecule has 0 unspecified atom stereocenters. The average Bonchev–Trinajstić information content (AvgIpc) is 3.06. The molecule has 0 saturated heterocycles. The van der Waals surface area contributed by atoms with E-state index in [0.29, 0.717) is 23.4 Å². The summed E-state index contributed by atoms with van der Waals surface area (Å²) in [7, 11) is 0. The minimum absolute atomic E-state index is 0.208. The van der Waals surface area contributed by atoms with Crippen molar-refractivity contribution in [1.29, 1.82) is 5.26 Å². The van der Waals surface area contributed by atoms with E-state index in [0.717, 1.165) is 10.6 Å². The van der Waals surface area contributed by atoms with Crippen LogP contribution in [0.5, 0.6) is 0 Å². The Morgan fingerprint density at radius 1 is 0.903 bits per heavy atom. The molecule has 0 spiro atoms. The Morgan fingerprint density at radius 3 is 2.13 bits per heavy atom. The van der Waals surface area contributed by atoms with E-state index in [-0.39, 0.29) is 11.3 Å². The zero-order valence-electron chi connectivity index (χ0n) is 16.7. The van der Waals surface area contributed by atoms with Crippen LogP contribution >= 0.6 is 0 Å². The Hall–Kier alpha value is -4.24. The molecule has 0 radical (unpaired) electrons. The fourth-order valence-electron chi connectivity index (χ4n) is 3.64. The first-order chi connectivity index (χ1) is 15.0. The van der Waals surface area contributed by atoms with Crippen molar-refractivity contribution in [3.63, 3.8) is 0 Å². The van der Waals surface area contributed by atoms with Crippen molar-refractivity contribution in [1.82, 2.24) is 0 Å². The quantitative estimate of drug-likeness (QED) is 0.580.